The first kappa shape index (κ1) is 13.1. The summed E-state index contributed by atoms with van der Waals surface area (Å²) in [6, 6.07) is 1.19. The largest absolute Gasteiger partial charge is 1.00 e. The summed E-state index contributed by atoms with van der Waals surface area (Å²) in [5.41, 5.74) is -1.32. The van der Waals surface area contributed by atoms with Gasteiger partial charge in [-0.2, -0.15) is 15.4 Å². The third-order valence-corrected chi connectivity index (χ3v) is 1.78. The predicted octanol–water partition coefficient (Wildman–Crippen LogP) is -1.84. The van der Waals surface area contributed by atoms with Gasteiger partial charge in [-0.15, -0.1) is 5.46 Å². The van der Waals surface area contributed by atoms with Crippen LogP contribution in [0.4, 0.5) is 17.3 Å². The van der Waals surface area contributed by atoms with Gasteiger partial charge in [-0.3, -0.25) is 0 Å². The number of benzene rings is 1. The van der Waals surface area contributed by atoms with E-state index in [1.807, 2.05) is 0 Å². The fraction of sp³-hybridized carbons (Fsp3) is 0. The summed E-state index contributed by atoms with van der Waals surface area (Å²) in [6.07, 6.45) is 0. The zero-order valence-corrected chi connectivity index (χ0v) is 10.8. The Morgan fingerprint density at radius 2 is 1.80 bits per heavy atom. The van der Waals surface area contributed by atoms with Gasteiger partial charge in [0, 0.05) is 0 Å². The number of halogens is 4. The van der Waals surface area contributed by atoms with E-state index in [1.54, 1.807) is 0 Å². The van der Waals surface area contributed by atoms with E-state index in [0.29, 0.717) is 6.07 Å². The van der Waals surface area contributed by atoms with Crippen LogP contribution >= 0.6 is 0 Å². The van der Waals surface area contributed by atoms with Crippen molar-refractivity contribution in [2.45, 2.75) is 0 Å². The molecule has 1 N–H and O–H groups in total. The molecular weight excluding hydrogens is 240 g/mol. The van der Waals surface area contributed by atoms with Crippen molar-refractivity contribution in [2.75, 3.05) is 0 Å². The molecule has 0 radical (unpaired) electrons. The molecule has 3 nitrogen and oxygen atoms in total. The second kappa shape index (κ2) is 4.50. The van der Waals surface area contributed by atoms with Crippen LogP contribution in [0, 0.1) is 5.82 Å². The van der Waals surface area contributed by atoms with E-state index in [9.17, 15) is 17.3 Å². The monoisotopic (exact) mass is 243 g/mol. The minimum absolute atomic E-state index is 0. The number of aromatic nitrogens is 3. The van der Waals surface area contributed by atoms with E-state index in [1.165, 1.54) is 0 Å². The standard InChI is InChI=1S/C6H3BF4N3.K/c8-4-1-3(7(9,10)11)2-5-6(4)13-14-12-5;/h1-2H,(H,12,13,14);/q-1;+1. The Labute approximate surface area is 124 Å². The molecule has 9 heteroatoms. The molecule has 0 saturated heterocycles. The van der Waals surface area contributed by atoms with Gasteiger partial charge in [0.25, 0.3) is 0 Å². The van der Waals surface area contributed by atoms with Crippen LogP contribution in [-0.2, 0) is 0 Å². The topological polar surface area (TPSA) is 41.6 Å². The quantitative estimate of drug-likeness (QED) is 0.472. The fourth-order valence-electron chi connectivity index (χ4n) is 1.12. The van der Waals surface area contributed by atoms with Crippen LogP contribution in [0.1, 0.15) is 0 Å². The SMILES string of the molecule is Fc1cc([B-](F)(F)F)cc2n[nH]nc12.[K+]. The van der Waals surface area contributed by atoms with Crippen molar-refractivity contribution in [3.05, 3.63) is 17.9 Å². The predicted molar refractivity (Wildman–Crippen MR) is 42.6 cm³/mol. The summed E-state index contributed by atoms with van der Waals surface area (Å²) in [7, 11) is 0. The zero-order valence-electron chi connectivity index (χ0n) is 7.64. The van der Waals surface area contributed by atoms with Crippen molar-refractivity contribution in [3.8, 4) is 0 Å². The molecule has 0 spiro atoms. The van der Waals surface area contributed by atoms with Gasteiger partial charge in [-0.05, 0) is 0 Å². The van der Waals surface area contributed by atoms with Crippen molar-refractivity contribution in [3.63, 3.8) is 0 Å². The molecule has 15 heavy (non-hydrogen) atoms. The number of hydrogen-bond acceptors (Lipinski definition) is 2. The van der Waals surface area contributed by atoms with Crippen LogP contribution in [0.15, 0.2) is 12.1 Å². The van der Waals surface area contributed by atoms with Gasteiger partial charge >= 0.3 is 58.4 Å². The van der Waals surface area contributed by atoms with E-state index in [4.69, 9.17) is 0 Å². The van der Waals surface area contributed by atoms with Crippen molar-refractivity contribution in [1.82, 2.24) is 15.4 Å². The molecule has 2 aromatic rings. The summed E-state index contributed by atoms with van der Waals surface area (Å²) in [5, 5.41) is 8.81. The van der Waals surface area contributed by atoms with E-state index in [-0.39, 0.29) is 62.4 Å². The maximum Gasteiger partial charge on any atom is 1.00 e. The van der Waals surface area contributed by atoms with Gasteiger partial charge in [0.1, 0.15) is 16.9 Å². The van der Waals surface area contributed by atoms with E-state index in [0.717, 1.165) is 6.07 Å². The van der Waals surface area contributed by atoms with Gasteiger partial charge in [-0.1, -0.05) is 12.1 Å². The molecule has 0 unspecified atom stereocenters. The second-order valence-corrected chi connectivity index (χ2v) is 2.77. The molecule has 0 fully saturated rings. The maximum atomic E-state index is 13.0. The number of H-pyrrole nitrogens is 1. The van der Waals surface area contributed by atoms with Crippen LogP contribution in [0.3, 0.4) is 0 Å². The number of fused-ring (bicyclic) bond motifs is 1. The molecule has 2 rings (SSSR count). The Bertz CT molecular complexity index is 483. The van der Waals surface area contributed by atoms with Crippen molar-refractivity contribution < 1.29 is 68.7 Å². The smallest absolute Gasteiger partial charge is 0.445 e. The molecule has 0 amide bonds. The van der Waals surface area contributed by atoms with Crippen molar-refractivity contribution in [2.24, 2.45) is 0 Å². The van der Waals surface area contributed by atoms with Crippen LogP contribution < -0.4 is 56.8 Å². The molecular formula is C6H3BF4KN3. The number of aromatic amines is 1. The fourth-order valence-corrected chi connectivity index (χ4v) is 1.12. The second-order valence-electron chi connectivity index (χ2n) is 2.77. The summed E-state index contributed by atoms with van der Waals surface area (Å²) >= 11 is 0. The van der Waals surface area contributed by atoms with Gasteiger partial charge in [0.2, 0.25) is 0 Å². The number of nitrogens with zero attached hydrogens (tertiary/aromatic N) is 2. The maximum absolute atomic E-state index is 13.0. The molecule has 0 aliphatic rings. The molecule has 0 aliphatic heterocycles. The van der Waals surface area contributed by atoms with E-state index in [2.05, 4.69) is 15.4 Å². The Balaban J connectivity index is 0.00000112. The van der Waals surface area contributed by atoms with Crippen molar-refractivity contribution in [1.29, 1.82) is 0 Å². The number of hydrogen-bond donors (Lipinski definition) is 1. The van der Waals surface area contributed by atoms with E-state index < -0.39 is 18.3 Å². The minimum Gasteiger partial charge on any atom is -0.445 e. The van der Waals surface area contributed by atoms with Gasteiger partial charge in [-0.25, -0.2) is 4.39 Å². The van der Waals surface area contributed by atoms with Crippen molar-refractivity contribution >= 4 is 23.5 Å². The first-order valence-electron chi connectivity index (χ1n) is 3.68. The third kappa shape index (κ3) is 2.59. The minimum atomic E-state index is -5.21. The average Bonchev–Trinajstić information content (AvgIpc) is 2.50. The Hall–Kier alpha value is 0.0413. The first-order valence-corrected chi connectivity index (χ1v) is 3.68. The van der Waals surface area contributed by atoms with Gasteiger partial charge in [0.05, 0.1) is 0 Å². The molecule has 1 heterocycles. The van der Waals surface area contributed by atoms with Crippen LogP contribution in [0.2, 0.25) is 0 Å². The first-order chi connectivity index (χ1) is 6.48. The van der Waals surface area contributed by atoms with Crippen LogP contribution in [0.25, 0.3) is 11.0 Å². The molecule has 74 valence electrons. The number of nitrogens with one attached hydrogen (secondary N) is 1. The molecule has 0 aliphatic carbocycles. The molecule has 0 saturated carbocycles. The third-order valence-electron chi connectivity index (χ3n) is 1.78. The van der Waals surface area contributed by atoms with Gasteiger partial charge < -0.3 is 12.9 Å². The average molecular weight is 243 g/mol. The molecule has 1 aromatic heterocycles. The summed E-state index contributed by atoms with van der Waals surface area (Å²) in [4.78, 5) is 0. The Morgan fingerprint density at radius 1 is 1.13 bits per heavy atom. The molecule has 0 atom stereocenters. The molecule has 0 bridgehead atoms. The summed E-state index contributed by atoms with van der Waals surface area (Å²) in [6.45, 7) is -5.21. The summed E-state index contributed by atoms with van der Waals surface area (Å²) < 4.78 is 49.7. The number of rotatable bonds is 1. The Morgan fingerprint density at radius 3 is 2.40 bits per heavy atom. The summed E-state index contributed by atoms with van der Waals surface area (Å²) in [5.74, 6) is -1.02. The van der Waals surface area contributed by atoms with Crippen LogP contribution in [0.5, 0.6) is 0 Å². The Kier molecular flexibility index (Phi) is 3.93. The van der Waals surface area contributed by atoms with Gasteiger partial charge in [0.15, 0.2) is 0 Å². The van der Waals surface area contributed by atoms with Crippen LogP contribution in [-0.4, -0.2) is 22.4 Å². The molecule has 1 aromatic carbocycles. The normalized spacial score (nSPS) is 11.5. The van der Waals surface area contributed by atoms with E-state index >= 15 is 0 Å². The zero-order chi connectivity index (χ0) is 10.3.